The molecule has 0 radical (unpaired) electrons. The molecule has 0 saturated heterocycles. The van der Waals surface area contributed by atoms with E-state index >= 15 is 0 Å². The van der Waals surface area contributed by atoms with Crippen molar-refractivity contribution in [2.45, 2.75) is 17.1 Å². The molecule has 1 atom stereocenters. The molecule has 0 aliphatic carbocycles. The molecule has 4 aromatic rings. The molecular formula is C30H25FN4O3S. The van der Waals surface area contributed by atoms with E-state index in [2.05, 4.69) is 20.9 Å². The van der Waals surface area contributed by atoms with Crippen molar-refractivity contribution in [3.8, 4) is 0 Å². The zero-order valence-electron chi connectivity index (χ0n) is 20.9. The van der Waals surface area contributed by atoms with Crippen molar-refractivity contribution >= 4 is 46.9 Å². The first-order valence-electron chi connectivity index (χ1n) is 12.0. The SMILES string of the molecule is CC(Sc1cccc(NC(=O)/C(=C/c2cccnc2)NC(=O)c2ccccc2)c1)C(=O)Nc1ccccc1F. The lowest BCUT2D eigenvalue weighted by Crippen LogP contribution is -2.30. The number of anilines is 2. The predicted molar refractivity (Wildman–Crippen MR) is 152 cm³/mol. The maximum absolute atomic E-state index is 13.9. The van der Waals surface area contributed by atoms with Gasteiger partial charge in [0, 0.05) is 28.5 Å². The zero-order chi connectivity index (χ0) is 27.6. The van der Waals surface area contributed by atoms with Crippen LogP contribution in [0.25, 0.3) is 6.08 Å². The maximum Gasteiger partial charge on any atom is 0.272 e. The van der Waals surface area contributed by atoms with E-state index in [0.29, 0.717) is 16.8 Å². The number of hydrogen-bond donors (Lipinski definition) is 3. The van der Waals surface area contributed by atoms with Gasteiger partial charge >= 0.3 is 0 Å². The molecule has 0 fully saturated rings. The largest absolute Gasteiger partial charge is 0.323 e. The first-order valence-corrected chi connectivity index (χ1v) is 12.9. The van der Waals surface area contributed by atoms with Gasteiger partial charge in [0.2, 0.25) is 5.91 Å². The van der Waals surface area contributed by atoms with Crippen LogP contribution in [0.1, 0.15) is 22.8 Å². The van der Waals surface area contributed by atoms with Crippen molar-refractivity contribution in [2.75, 3.05) is 10.6 Å². The molecule has 4 rings (SSSR count). The summed E-state index contributed by atoms with van der Waals surface area (Å²) in [5, 5.41) is 7.54. The van der Waals surface area contributed by atoms with Gasteiger partial charge in [0.1, 0.15) is 11.5 Å². The van der Waals surface area contributed by atoms with Crippen LogP contribution in [-0.2, 0) is 9.59 Å². The van der Waals surface area contributed by atoms with Crippen molar-refractivity contribution in [3.63, 3.8) is 0 Å². The number of nitrogens with one attached hydrogen (secondary N) is 3. The van der Waals surface area contributed by atoms with Crippen molar-refractivity contribution in [1.29, 1.82) is 0 Å². The Labute approximate surface area is 229 Å². The van der Waals surface area contributed by atoms with E-state index in [1.807, 2.05) is 0 Å². The fourth-order valence-corrected chi connectivity index (χ4v) is 4.40. The lowest BCUT2D eigenvalue weighted by atomic mass is 10.2. The lowest BCUT2D eigenvalue weighted by Gasteiger charge is -2.14. The van der Waals surface area contributed by atoms with E-state index in [1.54, 1.807) is 98.2 Å². The molecule has 3 amide bonds. The Hall–Kier alpha value is -4.76. The number of hydrogen-bond acceptors (Lipinski definition) is 5. The van der Waals surface area contributed by atoms with Gasteiger partial charge in [-0.05, 0) is 67.1 Å². The number of rotatable bonds is 9. The molecule has 7 nitrogen and oxygen atoms in total. The number of carbonyl (C=O) groups is 3. The normalized spacial score (nSPS) is 11.8. The molecular weight excluding hydrogens is 515 g/mol. The van der Waals surface area contributed by atoms with Gasteiger partial charge in [-0.1, -0.05) is 42.5 Å². The van der Waals surface area contributed by atoms with E-state index in [9.17, 15) is 18.8 Å². The topological polar surface area (TPSA) is 100 Å². The van der Waals surface area contributed by atoms with E-state index < -0.39 is 22.9 Å². The lowest BCUT2D eigenvalue weighted by molar-refractivity contribution is -0.115. The second kappa shape index (κ2) is 13.2. The second-order valence-corrected chi connectivity index (χ2v) is 9.79. The molecule has 1 unspecified atom stereocenters. The Balaban J connectivity index is 1.46. The number of para-hydroxylation sites is 1. The minimum Gasteiger partial charge on any atom is -0.323 e. The highest BCUT2D eigenvalue weighted by Gasteiger charge is 2.18. The van der Waals surface area contributed by atoms with Crippen molar-refractivity contribution in [3.05, 3.63) is 126 Å². The van der Waals surface area contributed by atoms with Crippen LogP contribution in [0.15, 0.2) is 114 Å². The van der Waals surface area contributed by atoms with Gasteiger partial charge < -0.3 is 16.0 Å². The number of nitrogens with zero attached hydrogens (tertiary/aromatic N) is 1. The quantitative estimate of drug-likeness (QED) is 0.185. The Morgan fingerprint density at radius 1 is 0.897 bits per heavy atom. The first kappa shape index (κ1) is 27.3. The van der Waals surface area contributed by atoms with E-state index in [-0.39, 0.29) is 17.3 Å². The third kappa shape index (κ3) is 7.86. The third-order valence-corrected chi connectivity index (χ3v) is 6.52. The average molecular weight is 541 g/mol. The van der Waals surface area contributed by atoms with Gasteiger partial charge in [0.25, 0.3) is 11.8 Å². The first-order chi connectivity index (χ1) is 18.9. The predicted octanol–water partition coefficient (Wildman–Crippen LogP) is 5.75. The van der Waals surface area contributed by atoms with Crippen molar-refractivity contribution < 1.29 is 18.8 Å². The van der Waals surface area contributed by atoms with Crippen LogP contribution in [0.5, 0.6) is 0 Å². The number of pyridine rings is 1. The fraction of sp³-hybridized carbons (Fsp3) is 0.0667. The summed E-state index contributed by atoms with van der Waals surface area (Å²) in [5.74, 6) is -1.83. The molecule has 3 N–H and O–H groups in total. The van der Waals surface area contributed by atoms with Crippen molar-refractivity contribution in [1.82, 2.24) is 10.3 Å². The molecule has 0 saturated carbocycles. The van der Waals surface area contributed by atoms with Gasteiger partial charge in [-0.15, -0.1) is 11.8 Å². The molecule has 0 aliphatic heterocycles. The summed E-state index contributed by atoms with van der Waals surface area (Å²) in [6.45, 7) is 1.71. The van der Waals surface area contributed by atoms with Crippen LogP contribution in [-0.4, -0.2) is 28.0 Å². The molecule has 9 heteroatoms. The van der Waals surface area contributed by atoms with Crippen molar-refractivity contribution in [2.24, 2.45) is 0 Å². The van der Waals surface area contributed by atoms with E-state index in [1.165, 1.54) is 30.0 Å². The van der Waals surface area contributed by atoms with Gasteiger partial charge in [-0.2, -0.15) is 0 Å². The summed E-state index contributed by atoms with van der Waals surface area (Å²) in [5.41, 5.74) is 1.66. The number of thioether (sulfide) groups is 1. The van der Waals surface area contributed by atoms with Crippen LogP contribution in [0.2, 0.25) is 0 Å². The Kier molecular flexibility index (Phi) is 9.20. The summed E-state index contributed by atoms with van der Waals surface area (Å²) in [7, 11) is 0. The highest BCUT2D eigenvalue weighted by molar-refractivity contribution is 8.00. The summed E-state index contributed by atoms with van der Waals surface area (Å²) < 4.78 is 13.9. The van der Waals surface area contributed by atoms with Crippen LogP contribution < -0.4 is 16.0 Å². The number of amides is 3. The molecule has 196 valence electrons. The molecule has 0 bridgehead atoms. The minimum atomic E-state index is -0.540. The molecule has 1 heterocycles. The van der Waals surface area contributed by atoms with Crippen LogP contribution >= 0.6 is 11.8 Å². The van der Waals surface area contributed by atoms with E-state index in [0.717, 1.165) is 4.90 Å². The van der Waals surface area contributed by atoms with Gasteiger partial charge in [-0.3, -0.25) is 19.4 Å². The van der Waals surface area contributed by atoms with Crippen LogP contribution in [0, 0.1) is 5.82 Å². The monoisotopic (exact) mass is 540 g/mol. The number of halogens is 1. The number of carbonyl (C=O) groups excluding carboxylic acids is 3. The Morgan fingerprint density at radius 3 is 2.41 bits per heavy atom. The molecule has 0 aliphatic rings. The number of benzene rings is 3. The van der Waals surface area contributed by atoms with Crippen LogP contribution in [0.3, 0.4) is 0 Å². The van der Waals surface area contributed by atoms with Gasteiger partial charge in [0.05, 0.1) is 10.9 Å². The summed E-state index contributed by atoms with van der Waals surface area (Å²) in [4.78, 5) is 43.4. The Morgan fingerprint density at radius 2 is 1.67 bits per heavy atom. The molecule has 1 aromatic heterocycles. The summed E-state index contributed by atoms with van der Waals surface area (Å²) >= 11 is 1.26. The molecule has 3 aromatic carbocycles. The van der Waals surface area contributed by atoms with Crippen LogP contribution in [0.4, 0.5) is 15.8 Å². The van der Waals surface area contributed by atoms with Gasteiger partial charge in [0.15, 0.2) is 0 Å². The highest BCUT2D eigenvalue weighted by atomic mass is 32.2. The smallest absolute Gasteiger partial charge is 0.272 e. The summed E-state index contributed by atoms with van der Waals surface area (Å²) in [6.07, 6.45) is 4.73. The highest BCUT2D eigenvalue weighted by Crippen LogP contribution is 2.27. The minimum absolute atomic E-state index is 0.0348. The molecule has 39 heavy (non-hydrogen) atoms. The Bertz CT molecular complexity index is 1500. The van der Waals surface area contributed by atoms with Gasteiger partial charge in [-0.25, -0.2) is 4.39 Å². The maximum atomic E-state index is 13.9. The summed E-state index contributed by atoms with van der Waals surface area (Å²) in [6, 6.07) is 25.0. The fourth-order valence-electron chi connectivity index (χ4n) is 3.47. The second-order valence-electron chi connectivity index (χ2n) is 8.38. The standard InChI is InChI=1S/C30H25FN4O3S/c1-20(28(36)34-26-15-6-5-14-25(26)31)39-24-13-7-12-23(18-24)33-30(38)27(17-21-9-8-16-32-19-21)35-29(37)22-10-3-2-4-11-22/h2-20H,1H3,(H,33,38)(H,34,36)(H,35,37)/b27-17-. The molecule has 0 spiro atoms. The average Bonchev–Trinajstić information content (AvgIpc) is 2.95. The third-order valence-electron chi connectivity index (χ3n) is 5.43. The zero-order valence-corrected chi connectivity index (χ0v) is 21.7. The number of aromatic nitrogens is 1. The van der Waals surface area contributed by atoms with E-state index in [4.69, 9.17) is 0 Å².